The molecule has 2 aromatic rings. The molecule has 0 aromatic heterocycles. The first-order valence-corrected chi connectivity index (χ1v) is 11.1. The molecule has 1 amide bonds. The minimum atomic E-state index is -3.71. The third kappa shape index (κ3) is 5.17. The number of nitrogens with zero attached hydrogens (tertiary/aromatic N) is 1. The molecule has 11 heteroatoms. The Morgan fingerprint density at radius 3 is 2.53 bits per heavy atom. The molecule has 10 nitrogen and oxygen atoms in total. The summed E-state index contributed by atoms with van der Waals surface area (Å²) in [6, 6.07) is 10.5. The molecule has 0 spiro atoms. The zero-order valence-corrected chi connectivity index (χ0v) is 18.6. The van der Waals surface area contributed by atoms with E-state index in [9.17, 15) is 18.0 Å². The van der Waals surface area contributed by atoms with Crippen molar-refractivity contribution in [1.29, 1.82) is 0 Å². The number of hydrogen-bond donors (Lipinski definition) is 2. The van der Waals surface area contributed by atoms with Crippen LogP contribution in [0.25, 0.3) is 0 Å². The first kappa shape index (κ1) is 23.1. The second-order valence-corrected chi connectivity index (χ2v) is 8.48. The van der Waals surface area contributed by atoms with Crippen molar-refractivity contribution in [3.05, 3.63) is 53.6 Å². The Hall–Kier alpha value is -3.60. The molecule has 1 aliphatic heterocycles. The summed E-state index contributed by atoms with van der Waals surface area (Å²) in [6.45, 7) is 1.16. The Morgan fingerprint density at radius 1 is 1.09 bits per heavy atom. The number of carbonyl (C=O) groups excluding carboxylic acids is 2. The molecule has 0 radical (unpaired) electrons. The van der Waals surface area contributed by atoms with Crippen LogP contribution in [-0.4, -0.2) is 53.0 Å². The summed E-state index contributed by atoms with van der Waals surface area (Å²) in [7, 11) is -0.668. The van der Waals surface area contributed by atoms with Crippen LogP contribution in [0.3, 0.4) is 0 Å². The van der Waals surface area contributed by atoms with Crippen molar-refractivity contribution in [2.75, 3.05) is 20.8 Å². The molecule has 1 atom stereocenters. The Balaban J connectivity index is 1.53. The number of methoxy groups -OCH3 is 2. The van der Waals surface area contributed by atoms with Crippen LogP contribution < -0.4 is 19.5 Å². The van der Waals surface area contributed by atoms with Gasteiger partial charge in [-0.05, 0) is 36.8 Å². The van der Waals surface area contributed by atoms with Crippen molar-refractivity contribution in [2.24, 2.45) is 4.99 Å². The number of carbonyl (C=O) groups is 2. The third-order valence-corrected chi connectivity index (χ3v) is 6.01. The topological polar surface area (TPSA) is 132 Å². The van der Waals surface area contributed by atoms with Crippen LogP contribution in [0.2, 0.25) is 0 Å². The summed E-state index contributed by atoms with van der Waals surface area (Å²) in [5.74, 6) is -0.104. The molecule has 3 rings (SSSR count). The molecule has 2 N–H and O–H groups in total. The van der Waals surface area contributed by atoms with Gasteiger partial charge in [0, 0.05) is 12.1 Å². The van der Waals surface area contributed by atoms with Gasteiger partial charge in [-0.3, -0.25) is 14.5 Å². The highest BCUT2D eigenvalue weighted by molar-refractivity contribution is 7.90. The molecule has 0 aliphatic carbocycles. The summed E-state index contributed by atoms with van der Waals surface area (Å²) < 4.78 is 41.9. The van der Waals surface area contributed by atoms with Crippen LogP contribution in [0, 0.1) is 0 Å². The van der Waals surface area contributed by atoms with Crippen LogP contribution >= 0.6 is 0 Å². The van der Waals surface area contributed by atoms with E-state index in [2.05, 4.69) is 15.0 Å². The maximum atomic E-state index is 12.2. The zero-order chi connectivity index (χ0) is 23.3. The number of amides is 1. The van der Waals surface area contributed by atoms with Crippen LogP contribution in [0.15, 0.2) is 52.4 Å². The number of esters is 1. The van der Waals surface area contributed by atoms with Gasteiger partial charge >= 0.3 is 5.97 Å². The van der Waals surface area contributed by atoms with E-state index in [1.807, 2.05) is 0 Å². The van der Waals surface area contributed by atoms with Crippen molar-refractivity contribution < 1.29 is 32.2 Å². The van der Waals surface area contributed by atoms with E-state index in [1.54, 1.807) is 36.4 Å². The second-order valence-electron chi connectivity index (χ2n) is 6.83. The summed E-state index contributed by atoms with van der Waals surface area (Å²) >= 11 is 0. The van der Waals surface area contributed by atoms with Gasteiger partial charge < -0.3 is 19.5 Å². The Kier molecular flexibility index (Phi) is 6.98. The molecule has 1 heterocycles. The van der Waals surface area contributed by atoms with Gasteiger partial charge in [-0.25, -0.2) is 13.2 Å². The van der Waals surface area contributed by atoms with Gasteiger partial charge in [-0.2, -0.15) is 0 Å². The summed E-state index contributed by atoms with van der Waals surface area (Å²) in [5.41, 5.74) is 1.15. The molecule has 0 unspecified atom stereocenters. The number of amidine groups is 1. The summed E-state index contributed by atoms with van der Waals surface area (Å²) in [6.07, 6.45) is 0. The van der Waals surface area contributed by atoms with Crippen LogP contribution in [0.4, 0.5) is 0 Å². The van der Waals surface area contributed by atoms with Crippen molar-refractivity contribution in [3.63, 3.8) is 0 Å². The molecular weight excluding hydrogens is 438 g/mol. The van der Waals surface area contributed by atoms with E-state index < -0.39 is 34.5 Å². The highest BCUT2D eigenvalue weighted by Crippen LogP contribution is 2.27. The Morgan fingerprint density at radius 2 is 1.81 bits per heavy atom. The highest BCUT2D eigenvalue weighted by atomic mass is 32.2. The van der Waals surface area contributed by atoms with Crippen molar-refractivity contribution in [1.82, 2.24) is 10.0 Å². The van der Waals surface area contributed by atoms with Gasteiger partial charge in [-0.15, -0.1) is 0 Å². The average molecular weight is 461 g/mol. The second kappa shape index (κ2) is 9.69. The predicted octanol–water partition coefficient (Wildman–Crippen LogP) is 0.990. The number of rotatable bonds is 8. The number of hydrogen-bond acceptors (Lipinski definition) is 8. The van der Waals surface area contributed by atoms with E-state index in [4.69, 9.17) is 14.2 Å². The van der Waals surface area contributed by atoms with Gasteiger partial charge in [-0.1, -0.05) is 18.2 Å². The lowest BCUT2D eigenvalue weighted by molar-refractivity contribution is -0.149. The first-order chi connectivity index (χ1) is 15.2. The molecule has 2 aromatic carbocycles. The molecule has 1 aliphatic rings. The van der Waals surface area contributed by atoms with Crippen LogP contribution in [-0.2, 0) is 30.9 Å². The maximum absolute atomic E-state index is 12.2. The van der Waals surface area contributed by atoms with E-state index in [0.29, 0.717) is 17.1 Å². The van der Waals surface area contributed by atoms with E-state index in [-0.39, 0.29) is 17.3 Å². The Labute approximate surface area is 185 Å². The van der Waals surface area contributed by atoms with E-state index >= 15 is 0 Å². The molecule has 0 bridgehead atoms. The molecular formula is C21H23N3O7S. The van der Waals surface area contributed by atoms with Gasteiger partial charge in [0.25, 0.3) is 15.9 Å². The largest absolute Gasteiger partial charge is 0.493 e. The number of benzene rings is 2. The lowest BCUT2D eigenvalue weighted by atomic mass is 10.2. The predicted molar refractivity (Wildman–Crippen MR) is 115 cm³/mol. The number of nitrogens with one attached hydrogen (secondary N) is 2. The van der Waals surface area contributed by atoms with Gasteiger partial charge in [0.15, 0.2) is 18.1 Å². The smallest absolute Gasteiger partial charge is 0.331 e. The highest BCUT2D eigenvalue weighted by Gasteiger charge is 2.31. The number of sulfonamides is 1. The zero-order valence-electron chi connectivity index (χ0n) is 17.7. The lowest BCUT2D eigenvalue weighted by Crippen LogP contribution is -2.31. The Bertz CT molecular complexity index is 1160. The maximum Gasteiger partial charge on any atom is 0.331 e. The average Bonchev–Trinajstić information content (AvgIpc) is 3.05. The molecule has 170 valence electrons. The minimum absolute atomic E-state index is 0.0583. The minimum Gasteiger partial charge on any atom is -0.493 e. The lowest BCUT2D eigenvalue weighted by Gasteiger charge is -2.11. The number of fused-ring (bicyclic) bond motifs is 1. The number of aliphatic imine (C=N–C) groups is 1. The molecule has 0 fully saturated rings. The van der Waals surface area contributed by atoms with Gasteiger partial charge in [0.05, 0.1) is 19.1 Å². The molecule has 32 heavy (non-hydrogen) atoms. The fraction of sp³-hybridized carbons (Fsp3) is 0.286. The van der Waals surface area contributed by atoms with Crippen molar-refractivity contribution >= 4 is 27.7 Å². The summed E-state index contributed by atoms with van der Waals surface area (Å²) in [5, 5.41) is 2.64. The van der Waals surface area contributed by atoms with Crippen LogP contribution in [0.5, 0.6) is 11.5 Å². The summed E-state index contributed by atoms with van der Waals surface area (Å²) in [4.78, 5) is 28.5. The van der Waals surface area contributed by atoms with E-state index in [1.165, 1.54) is 27.2 Å². The normalized spacial score (nSPS) is 15.9. The monoisotopic (exact) mass is 461 g/mol. The molecule has 0 saturated carbocycles. The van der Waals surface area contributed by atoms with E-state index in [0.717, 1.165) is 5.56 Å². The fourth-order valence-electron chi connectivity index (χ4n) is 2.98. The third-order valence-electron chi connectivity index (χ3n) is 4.61. The van der Waals surface area contributed by atoms with Crippen LogP contribution in [0.1, 0.15) is 18.1 Å². The van der Waals surface area contributed by atoms with Crippen molar-refractivity contribution in [3.8, 4) is 11.5 Å². The number of ether oxygens (including phenoxy) is 3. The standard InChI is InChI=1S/C21H23N3O7S/c1-13(23-20-15-6-4-5-7-18(15)32(27,28)24-20)21(26)31-12-19(25)22-11-14-8-9-16(29-2)17(10-14)30-3/h4-10,13H,11-12H2,1-3H3,(H,22,25)(H,23,24)/t13-/m0/s1. The molecule has 0 saturated heterocycles. The fourth-order valence-corrected chi connectivity index (χ4v) is 4.21. The van der Waals surface area contributed by atoms with Crippen molar-refractivity contribution in [2.45, 2.75) is 24.4 Å². The van der Waals surface area contributed by atoms with Gasteiger partial charge in [0.2, 0.25) is 0 Å². The SMILES string of the molecule is COc1ccc(CNC(=O)COC(=O)[C@H](C)N=C2NS(=O)(=O)c3ccccc32)cc1OC. The van der Waals surface area contributed by atoms with Gasteiger partial charge in [0.1, 0.15) is 11.9 Å². The quantitative estimate of drug-likeness (QED) is 0.560. The first-order valence-electron chi connectivity index (χ1n) is 9.59.